The van der Waals surface area contributed by atoms with Gasteiger partial charge >= 0.3 is 0 Å². The molecule has 0 aliphatic carbocycles. The van der Waals surface area contributed by atoms with E-state index in [4.69, 9.17) is 5.84 Å². The molecule has 0 aliphatic heterocycles. The number of aryl methyl sites for hydroxylation is 1. The van der Waals surface area contributed by atoms with E-state index < -0.39 is 0 Å². The Morgan fingerprint density at radius 3 is 2.45 bits per heavy atom. The van der Waals surface area contributed by atoms with Crippen molar-refractivity contribution in [1.29, 1.82) is 0 Å². The zero-order chi connectivity index (χ0) is 14.7. The highest BCUT2D eigenvalue weighted by atomic mass is 19.1. The average Bonchev–Trinajstić information content (AvgIpc) is 2.41. The van der Waals surface area contributed by atoms with Crippen molar-refractivity contribution in [1.82, 2.24) is 9.97 Å². The lowest BCUT2D eigenvalue weighted by atomic mass is 10.2. The number of halogens is 1. The van der Waals surface area contributed by atoms with Gasteiger partial charge in [0.05, 0.1) is 0 Å². The van der Waals surface area contributed by atoms with E-state index in [9.17, 15) is 4.39 Å². The second-order valence-electron chi connectivity index (χ2n) is 4.88. The first-order chi connectivity index (χ1) is 9.49. The lowest BCUT2D eigenvalue weighted by Gasteiger charge is -2.12. The largest absolute Gasteiger partial charge is 0.340 e. The Morgan fingerprint density at radius 2 is 1.85 bits per heavy atom. The van der Waals surface area contributed by atoms with Gasteiger partial charge in [-0.2, -0.15) is 0 Å². The standard InChI is InChI=1S/C14H18FN5/c1-8(2)14-18-12(7-13(19-14)20-16)17-11-5-4-10(15)6-9(11)3/h4-8H,16H2,1-3H3,(H2,17,18,19,20). The number of nitrogens with zero attached hydrogens (tertiary/aromatic N) is 2. The van der Waals surface area contributed by atoms with E-state index in [0.717, 1.165) is 11.3 Å². The fraction of sp³-hybridized carbons (Fsp3) is 0.286. The molecule has 0 unspecified atom stereocenters. The molecule has 20 heavy (non-hydrogen) atoms. The normalized spacial score (nSPS) is 10.7. The molecule has 4 N–H and O–H groups in total. The van der Waals surface area contributed by atoms with Crippen molar-refractivity contribution in [2.45, 2.75) is 26.7 Å². The van der Waals surface area contributed by atoms with Crippen LogP contribution in [0.15, 0.2) is 24.3 Å². The summed E-state index contributed by atoms with van der Waals surface area (Å²) in [6.45, 7) is 5.84. The topological polar surface area (TPSA) is 75.9 Å². The number of anilines is 3. The third kappa shape index (κ3) is 3.21. The molecule has 0 saturated heterocycles. The number of rotatable bonds is 4. The Labute approximate surface area is 117 Å². The Balaban J connectivity index is 2.34. The molecule has 0 bridgehead atoms. The summed E-state index contributed by atoms with van der Waals surface area (Å²) in [5.41, 5.74) is 4.12. The van der Waals surface area contributed by atoms with Gasteiger partial charge in [-0.05, 0) is 30.7 Å². The highest BCUT2D eigenvalue weighted by Crippen LogP contribution is 2.23. The van der Waals surface area contributed by atoms with Crippen LogP contribution in [-0.4, -0.2) is 9.97 Å². The van der Waals surface area contributed by atoms with Crippen LogP contribution in [0, 0.1) is 12.7 Å². The van der Waals surface area contributed by atoms with Gasteiger partial charge in [0.1, 0.15) is 23.3 Å². The van der Waals surface area contributed by atoms with Crippen molar-refractivity contribution in [2.75, 3.05) is 10.7 Å². The molecule has 106 valence electrons. The van der Waals surface area contributed by atoms with Crippen LogP contribution >= 0.6 is 0 Å². The van der Waals surface area contributed by atoms with Gasteiger partial charge in [-0.15, -0.1) is 0 Å². The lowest BCUT2D eigenvalue weighted by Crippen LogP contribution is -2.12. The van der Waals surface area contributed by atoms with Gasteiger partial charge in [-0.3, -0.25) is 0 Å². The summed E-state index contributed by atoms with van der Waals surface area (Å²) < 4.78 is 13.1. The quantitative estimate of drug-likeness (QED) is 0.590. The van der Waals surface area contributed by atoms with E-state index in [1.54, 1.807) is 12.1 Å². The van der Waals surface area contributed by atoms with E-state index >= 15 is 0 Å². The van der Waals surface area contributed by atoms with Gasteiger partial charge in [0.2, 0.25) is 0 Å². The second-order valence-corrected chi connectivity index (χ2v) is 4.88. The van der Waals surface area contributed by atoms with Crippen LogP contribution in [0.25, 0.3) is 0 Å². The highest BCUT2D eigenvalue weighted by Gasteiger charge is 2.09. The summed E-state index contributed by atoms with van der Waals surface area (Å²) in [5.74, 6) is 7.16. The average molecular weight is 275 g/mol. The van der Waals surface area contributed by atoms with Gasteiger partial charge in [-0.25, -0.2) is 20.2 Å². The van der Waals surface area contributed by atoms with Crippen molar-refractivity contribution in [3.8, 4) is 0 Å². The number of hydrogen-bond acceptors (Lipinski definition) is 5. The number of benzene rings is 1. The third-order valence-electron chi connectivity index (χ3n) is 2.86. The molecule has 1 heterocycles. The molecule has 2 rings (SSSR count). The summed E-state index contributed by atoms with van der Waals surface area (Å²) in [7, 11) is 0. The minimum atomic E-state index is -0.261. The van der Waals surface area contributed by atoms with Crippen molar-refractivity contribution >= 4 is 17.3 Å². The molecule has 0 fully saturated rings. The monoisotopic (exact) mass is 275 g/mol. The smallest absolute Gasteiger partial charge is 0.145 e. The van der Waals surface area contributed by atoms with Gasteiger partial charge in [0.15, 0.2) is 0 Å². The molecule has 1 aromatic heterocycles. The maximum atomic E-state index is 13.1. The first kappa shape index (κ1) is 14.2. The summed E-state index contributed by atoms with van der Waals surface area (Å²) >= 11 is 0. The minimum Gasteiger partial charge on any atom is -0.340 e. The zero-order valence-corrected chi connectivity index (χ0v) is 11.7. The van der Waals surface area contributed by atoms with Crippen LogP contribution < -0.4 is 16.6 Å². The predicted molar refractivity (Wildman–Crippen MR) is 78.4 cm³/mol. The fourth-order valence-electron chi connectivity index (χ4n) is 1.77. The highest BCUT2D eigenvalue weighted by molar-refractivity contribution is 5.62. The third-order valence-corrected chi connectivity index (χ3v) is 2.86. The maximum absolute atomic E-state index is 13.1. The van der Waals surface area contributed by atoms with E-state index in [-0.39, 0.29) is 11.7 Å². The summed E-state index contributed by atoms with van der Waals surface area (Å²) in [6.07, 6.45) is 0. The number of nitrogen functional groups attached to an aromatic ring is 1. The molecule has 1 aromatic carbocycles. The van der Waals surface area contributed by atoms with Crippen LogP contribution in [-0.2, 0) is 0 Å². The minimum absolute atomic E-state index is 0.179. The molecule has 2 aromatic rings. The van der Waals surface area contributed by atoms with E-state index in [1.165, 1.54) is 12.1 Å². The van der Waals surface area contributed by atoms with E-state index in [2.05, 4.69) is 20.7 Å². The first-order valence-corrected chi connectivity index (χ1v) is 6.38. The van der Waals surface area contributed by atoms with E-state index in [1.807, 2.05) is 20.8 Å². The molecule has 0 radical (unpaired) electrons. The van der Waals surface area contributed by atoms with Gasteiger partial charge in [0, 0.05) is 17.7 Å². The summed E-state index contributed by atoms with van der Waals surface area (Å²) in [6, 6.07) is 6.25. The molecule has 0 saturated carbocycles. The Bertz CT molecular complexity index is 613. The summed E-state index contributed by atoms with van der Waals surface area (Å²) in [4.78, 5) is 8.71. The number of hydrazine groups is 1. The first-order valence-electron chi connectivity index (χ1n) is 6.38. The summed E-state index contributed by atoms with van der Waals surface area (Å²) in [5, 5.41) is 3.16. The molecule has 5 nitrogen and oxygen atoms in total. The Hall–Kier alpha value is -2.21. The van der Waals surface area contributed by atoms with Gasteiger partial charge in [0.25, 0.3) is 0 Å². The number of hydrogen-bond donors (Lipinski definition) is 3. The molecular weight excluding hydrogens is 257 g/mol. The SMILES string of the molecule is Cc1cc(F)ccc1Nc1cc(NN)nc(C(C)C)n1. The van der Waals surface area contributed by atoms with Crippen LogP contribution in [0.1, 0.15) is 31.2 Å². The molecule has 0 amide bonds. The van der Waals surface area contributed by atoms with E-state index in [0.29, 0.717) is 17.5 Å². The molecule has 0 atom stereocenters. The number of aromatic nitrogens is 2. The zero-order valence-electron chi connectivity index (χ0n) is 11.7. The predicted octanol–water partition coefficient (Wildman–Crippen LogP) is 3.08. The van der Waals surface area contributed by atoms with Crippen LogP contribution in [0.3, 0.4) is 0 Å². The second kappa shape index (κ2) is 5.83. The van der Waals surface area contributed by atoms with Crippen molar-refractivity contribution < 1.29 is 4.39 Å². The Kier molecular flexibility index (Phi) is 4.14. The molecular formula is C14H18FN5. The Morgan fingerprint density at radius 1 is 1.15 bits per heavy atom. The van der Waals surface area contributed by atoms with Crippen molar-refractivity contribution in [3.05, 3.63) is 41.5 Å². The van der Waals surface area contributed by atoms with Crippen molar-refractivity contribution in [3.63, 3.8) is 0 Å². The molecule has 0 spiro atoms. The van der Waals surface area contributed by atoms with Crippen LogP contribution in [0.5, 0.6) is 0 Å². The van der Waals surface area contributed by atoms with Crippen LogP contribution in [0.4, 0.5) is 21.7 Å². The van der Waals surface area contributed by atoms with Crippen LogP contribution in [0.2, 0.25) is 0 Å². The molecule has 6 heteroatoms. The lowest BCUT2D eigenvalue weighted by molar-refractivity contribution is 0.627. The number of nitrogens with one attached hydrogen (secondary N) is 2. The van der Waals surface area contributed by atoms with Gasteiger partial charge in [-0.1, -0.05) is 13.8 Å². The van der Waals surface area contributed by atoms with Crippen molar-refractivity contribution in [2.24, 2.45) is 5.84 Å². The number of nitrogens with two attached hydrogens (primary N) is 1. The fourth-order valence-corrected chi connectivity index (χ4v) is 1.77. The molecule has 0 aliphatic rings. The van der Waals surface area contributed by atoms with Gasteiger partial charge < -0.3 is 10.7 Å². The maximum Gasteiger partial charge on any atom is 0.145 e.